The number of nitrogens with zero attached hydrogens (tertiary/aromatic N) is 1. The van der Waals surface area contributed by atoms with Crippen LogP contribution in [0.1, 0.15) is 31.1 Å². The number of hydrogen-bond donors (Lipinski definition) is 1. The molecule has 1 aromatic heterocycles. The molecule has 0 spiro atoms. The normalized spacial score (nSPS) is 18.8. The van der Waals surface area contributed by atoms with Gasteiger partial charge in [0.15, 0.2) is 0 Å². The van der Waals surface area contributed by atoms with Crippen LogP contribution in [0.25, 0.3) is 0 Å². The minimum Gasteiger partial charge on any atom is -0.489 e. The summed E-state index contributed by atoms with van der Waals surface area (Å²) in [4.78, 5) is 0. The topological polar surface area (TPSA) is 56.5 Å². The molecule has 1 aliphatic heterocycles. The molecule has 1 aromatic carbocycles. The quantitative estimate of drug-likeness (QED) is 0.846. The molecule has 1 aliphatic rings. The van der Waals surface area contributed by atoms with E-state index in [1.807, 2.05) is 6.07 Å². The third kappa shape index (κ3) is 4.48. The lowest BCUT2D eigenvalue weighted by Crippen LogP contribution is -2.20. The van der Waals surface area contributed by atoms with Crippen molar-refractivity contribution < 1.29 is 14.0 Å². The van der Waals surface area contributed by atoms with Gasteiger partial charge in [0.05, 0.1) is 18.0 Å². The lowest BCUT2D eigenvalue weighted by molar-refractivity contribution is 0.0681. The Morgan fingerprint density at radius 3 is 3.04 bits per heavy atom. The largest absolute Gasteiger partial charge is 0.489 e. The number of benzene rings is 1. The number of anilines is 1. The Morgan fingerprint density at radius 1 is 1.39 bits per heavy atom. The fraction of sp³-hybridized carbons (Fsp3) is 0.500. The van der Waals surface area contributed by atoms with Crippen LogP contribution in [0.3, 0.4) is 0 Å². The highest BCUT2D eigenvalue weighted by atomic mass is 16.5. The molecule has 2 atom stereocenters. The molecular weight excluding hydrogens is 292 g/mol. The Morgan fingerprint density at radius 2 is 2.30 bits per heavy atom. The molecule has 0 bridgehead atoms. The molecule has 5 heteroatoms. The summed E-state index contributed by atoms with van der Waals surface area (Å²) in [5, 5.41) is 7.24. The van der Waals surface area contributed by atoms with Gasteiger partial charge in [-0.3, -0.25) is 0 Å². The summed E-state index contributed by atoms with van der Waals surface area (Å²) in [7, 11) is 0. The smallest absolute Gasteiger partial charge is 0.142 e. The van der Waals surface area contributed by atoms with Crippen molar-refractivity contribution in [2.45, 2.75) is 45.3 Å². The average molecular weight is 316 g/mol. The van der Waals surface area contributed by atoms with Crippen LogP contribution in [0.2, 0.25) is 0 Å². The molecule has 3 rings (SSSR count). The van der Waals surface area contributed by atoms with Crippen LogP contribution in [0.5, 0.6) is 5.75 Å². The molecule has 0 aliphatic carbocycles. The van der Waals surface area contributed by atoms with Gasteiger partial charge in [0.1, 0.15) is 18.1 Å². The van der Waals surface area contributed by atoms with Gasteiger partial charge < -0.3 is 19.3 Å². The zero-order chi connectivity index (χ0) is 16.1. The third-order valence-electron chi connectivity index (χ3n) is 3.99. The van der Waals surface area contributed by atoms with E-state index < -0.39 is 0 Å². The Hall–Kier alpha value is -2.01. The molecule has 2 unspecified atom stereocenters. The molecule has 0 saturated carbocycles. The van der Waals surface area contributed by atoms with Crippen molar-refractivity contribution in [3.05, 3.63) is 41.8 Å². The highest BCUT2D eigenvalue weighted by molar-refractivity contribution is 5.58. The maximum atomic E-state index is 6.01. The standard InChI is InChI=1S/C18H24N2O3/c1-13-5-6-17(20-14(2)11-15-7-8-19-23-15)18(10-13)22-12-16-4-3-9-21-16/h5-8,10,14,16,20H,3-4,9,11-12H2,1-2H3. The van der Waals surface area contributed by atoms with E-state index in [1.54, 1.807) is 6.20 Å². The fourth-order valence-electron chi connectivity index (χ4n) is 2.79. The number of rotatable bonds is 7. The van der Waals surface area contributed by atoms with Crippen molar-refractivity contribution in [3.8, 4) is 5.75 Å². The maximum Gasteiger partial charge on any atom is 0.142 e. The minimum atomic E-state index is 0.218. The SMILES string of the molecule is Cc1ccc(NC(C)Cc2ccno2)c(OCC2CCCO2)c1. The molecule has 23 heavy (non-hydrogen) atoms. The van der Waals surface area contributed by atoms with Crippen molar-refractivity contribution in [2.75, 3.05) is 18.5 Å². The first kappa shape index (κ1) is 15.9. The molecule has 2 aromatic rings. The Bertz CT molecular complexity index is 607. The fourth-order valence-corrected chi connectivity index (χ4v) is 2.79. The molecule has 0 radical (unpaired) electrons. The van der Waals surface area contributed by atoms with Gasteiger partial charge >= 0.3 is 0 Å². The zero-order valence-corrected chi connectivity index (χ0v) is 13.7. The predicted molar refractivity (Wildman–Crippen MR) is 88.9 cm³/mol. The van der Waals surface area contributed by atoms with Crippen molar-refractivity contribution in [2.24, 2.45) is 0 Å². The van der Waals surface area contributed by atoms with Crippen LogP contribution in [0.15, 0.2) is 35.0 Å². The Labute approximate surface area is 137 Å². The molecular formula is C18H24N2O3. The zero-order valence-electron chi connectivity index (χ0n) is 13.7. The lowest BCUT2D eigenvalue weighted by Gasteiger charge is -2.19. The van der Waals surface area contributed by atoms with Gasteiger partial charge in [-0.05, 0) is 44.4 Å². The first-order valence-electron chi connectivity index (χ1n) is 8.22. The van der Waals surface area contributed by atoms with Crippen LogP contribution < -0.4 is 10.1 Å². The second-order valence-electron chi connectivity index (χ2n) is 6.17. The summed E-state index contributed by atoms with van der Waals surface area (Å²) in [5.41, 5.74) is 2.18. The summed E-state index contributed by atoms with van der Waals surface area (Å²) in [6, 6.07) is 8.33. The summed E-state index contributed by atoms with van der Waals surface area (Å²) in [6.45, 7) is 5.64. The van der Waals surface area contributed by atoms with E-state index in [2.05, 4.69) is 42.5 Å². The van der Waals surface area contributed by atoms with Crippen LogP contribution in [0.4, 0.5) is 5.69 Å². The molecule has 2 heterocycles. The van der Waals surface area contributed by atoms with Crippen molar-refractivity contribution in [1.82, 2.24) is 5.16 Å². The monoisotopic (exact) mass is 316 g/mol. The highest BCUT2D eigenvalue weighted by Gasteiger charge is 2.17. The molecule has 1 N–H and O–H groups in total. The van der Waals surface area contributed by atoms with E-state index in [0.29, 0.717) is 6.61 Å². The number of aryl methyl sites for hydroxylation is 1. The van der Waals surface area contributed by atoms with Gasteiger partial charge in [-0.25, -0.2) is 0 Å². The molecule has 5 nitrogen and oxygen atoms in total. The van der Waals surface area contributed by atoms with E-state index in [4.69, 9.17) is 14.0 Å². The van der Waals surface area contributed by atoms with Crippen LogP contribution in [-0.2, 0) is 11.2 Å². The molecule has 0 amide bonds. The number of nitrogens with one attached hydrogen (secondary N) is 1. The molecule has 1 fully saturated rings. The Kier molecular flexibility index (Phi) is 5.18. The van der Waals surface area contributed by atoms with Crippen molar-refractivity contribution in [1.29, 1.82) is 0 Å². The number of aromatic nitrogens is 1. The van der Waals surface area contributed by atoms with Gasteiger partial charge in [-0.15, -0.1) is 0 Å². The highest BCUT2D eigenvalue weighted by Crippen LogP contribution is 2.28. The number of hydrogen-bond acceptors (Lipinski definition) is 5. The van der Waals surface area contributed by atoms with Crippen LogP contribution in [-0.4, -0.2) is 30.5 Å². The summed E-state index contributed by atoms with van der Waals surface area (Å²) < 4.78 is 16.8. The van der Waals surface area contributed by atoms with Gasteiger partial charge in [0.2, 0.25) is 0 Å². The summed E-state index contributed by atoms with van der Waals surface area (Å²) in [5.74, 6) is 1.75. The van der Waals surface area contributed by atoms with Crippen LogP contribution in [0, 0.1) is 6.92 Å². The van der Waals surface area contributed by atoms with Gasteiger partial charge in [-0.2, -0.15) is 0 Å². The first-order chi connectivity index (χ1) is 11.2. The van der Waals surface area contributed by atoms with Gasteiger partial charge in [-0.1, -0.05) is 11.2 Å². The Balaban J connectivity index is 1.62. The van der Waals surface area contributed by atoms with E-state index in [9.17, 15) is 0 Å². The van der Waals surface area contributed by atoms with Crippen molar-refractivity contribution in [3.63, 3.8) is 0 Å². The van der Waals surface area contributed by atoms with E-state index in [-0.39, 0.29) is 12.1 Å². The second-order valence-corrected chi connectivity index (χ2v) is 6.17. The molecule has 1 saturated heterocycles. The van der Waals surface area contributed by atoms with Crippen LogP contribution >= 0.6 is 0 Å². The van der Waals surface area contributed by atoms with Gasteiger partial charge in [0, 0.05) is 25.1 Å². The molecule has 124 valence electrons. The second kappa shape index (κ2) is 7.51. The van der Waals surface area contributed by atoms with Crippen molar-refractivity contribution >= 4 is 5.69 Å². The van der Waals surface area contributed by atoms with E-state index in [0.717, 1.165) is 43.1 Å². The van der Waals surface area contributed by atoms with E-state index in [1.165, 1.54) is 5.56 Å². The summed E-state index contributed by atoms with van der Waals surface area (Å²) >= 11 is 0. The summed E-state index contributed by atoms with van der Waals surface area (Å²) in [6.07, 6.45) is 4.87. The average Bonchev–Trinajstić information content (AvgIpc) is 3.21. The van der Waals surface area contributed by atoms with Gasteiger partial charge in [0.25, 0.3) is 0 Å². The van der Waals surface area contributed by atoms with E-state index >= 15 is 0 Å². The third-order valence-corrected chi connectivity index (χ3v) is 3.99. The minimum absolute atomic E-state index is 0.218. The lowest BCUT2D eigenvalue weighted by atomic mass is 10.1. The number of ether oxygens (including phenoxy) is 2. The predicted octanol–water partition coefficient (Wildman–Crippen LogP) is 3.58. The first-order valence-corrected chi connectivity index (χ1v) is 8.22. The maximum absolute atomic E-state index is 6.01.